The minimum absolute atomic E-state index is 0.115. The molecule has 0 spiro atoms. The van der Waals surface area contributed by atoms with Gasteiger partial charge in [-0.05, 0) is 26.2 Å². The molecule has 3 N–H and O–H groups in total. The number of thiophene rings is 1. The van der Waals surface area contributed by atoms with Crippen molar-refractivity contribution < 1.29 is 8.42 Å². The summed E-state index contributed by atoms with van der Waals surface area (Å²) >= 11 is 2.75. The van der Waals surface area contributed by atoms with E-state index >= 15 is 0 Å². The smallest absolute Gasteiger partial charge is 0.250 e. The molecule has 1 rings (SSSR count). The van der Waals surface area contributed by atoms with Crippen molar-refractivity contribution in [3.63, 3.8) is 0 Å². The van der Waals surface area contributed by atoms with Crippen molar-refractivity contribution in [2.24, 2.45) is 0 Å². The molecule has 0 unspecified atom stereocenters. The molecule has 0 aromatic carbocycles. The van der Waals surface area contributed by atoms with Gasteiger partial charge in [0.15, 0.2) is 0 Å². The summed E-state index contributed by atoms with van der Waals surface area (Å²) < 4.78 is 26.4. The first-order valence-electron chi connectivity index (χ1n) is 4.66. The van der Waals surface area contributed by atoms with Gasteiger partial charge in [-0.25, -0.2) is 13.1 Å². The van der Waals surface area contributed by atoms with Crippen molar-refractivity contribution in [3.05, 3.63) is 11.4 Å². The fraction of sp³-hybridized carbons (Fsp3) is 0.556. The van der Waals surface area contributed by atoms with Gasteiger partial charge in [-0.2, -0.15) is 11.8 Å². The number of sulfonamides is 1. The molecule has 0 atom stereocenters. The Morgan fingerprint density at radius 2 is 2.19 bits per heavy atom. The quantitative estimate of drug-likeness (QED) is 0.862. The predicted molar refractivity (Wildman–Crippen MR) is 71.5 cm³/mol. The van der Waals surface area contributed by atoms with Gasteiger partial charge < -0.3 is 5.73 Å². The van der Waals surface area contributed by atoms with E-state index in [1.165, 1.54) is 6.07 Å². The maximum atomic E-state index is 11.8. The standard InChI is InChI=1S/C9H16N2O2S3/c1-9(2,14-3)6-11-16(12,13)8-4-7(10)5-15-8/h4-5,11H,6,10H2,1-3H3. The zero-order chi connectivity index (χ0) is 12.4. The highest BCUT2D eigenvalue weighted by Crippen LogP contribution is 2.24. The van der Waals surface area contributed by atoms with E-state index in [9.17, 15) is 8.42 Å². The molecular formula is C9H16N2O2S3. The molecule has 4 nitrogen and oxygen atoms in total. The number of nitrogen functional groups attached to an aromatic ring is 1. The van der Waals surface area contributed by atoms with Crippen LogP contribution in [0.4, 0.5) is 5.69 Å². The van der Waals surface area contributed by atoms with E-state index in [1.54, 1.807) is 17.1 Å². The first-order chi connectivity index (χ1) is 7.27. The first-order valence-corrected chi connectivity index (χ1v) is 8.24. The Bertz CT molecular complexity index is 451. The van der Waals surface area contributed by atoms with Crippen LogP contribution < -0.4 is 10.5 Å². The van der Waals surface area contributed by atoms with Crippen LogP contribution >= 0.6 is 23.1 Å². The molecule has 1 aromatic heterocycles. The SMILES string of the molecule is CSC(C)(C)CNS(=O)(=O)c1cc(N)cs1. The highest BCUT2D eigenvalue weighted by molar-refractivity contribution is 8.00. The maximum Gasteiger partial charge on any atom is 0.250 e. The lowest BCUT2D eigenvalue weighted by Gasteiger charge is -2.21. The summed E-state index contributed by atoms with van der Waals surface area (Å²) in [5.74, 6) is 0. The van der Waals surface area contributed by atoms with E-state index in [0.29, 0.717) is 12.2 Å². The van der Waals surface area contributed by atoms with Crippen LogP contribution in [0.15, 0.2) is 15.7 Å². The normalized spacial score (nSPS) is 12.9. The number of anilines is 1. The summed E-state index contributed by atoms with van der Waals surface area (Å²) in [6.45, 7) is 4.38. The second-order valence-electron chi connectivity index (χ2n) is 3.99. The zero-order valence-corrected chi connectivity index (χ0v) is 11.9. The van der Waals surface area contributed by atoms with E-state index in [4.69, 9.17) is 5.73 Å². The van der Waals surface area contributed by atoms with Gasteiger partial charge in [0.25, 0.3) is 0 Å². The summed E-state index contributed by atoms with van der Waals surface area (Å²) in [5.41, 5.74) is 5.98. The molecule has 1 aromatic rings. The van der Waals surface area contributed by atoms with Crippen molar-refractivity contribution in [2.45, 2.75) is 22.8 Å². The van der Waals surface area contributed by atoms with E-state index in [-0.39, 0.29) is 8.96 Å². The number of rotatable bonds is 5. The molecule has 7 heteroatoms. The van der Waals surface area contributed by atoms with Crippen molar-refractivity contribution in [3.8, 4) is 0 Å². The van der Waals surface area contributed by atoms with Crippen LogP contribution in [0.2, 0.25) is 0 Å². The van der Waals surface area contributed by atoms with Gasteiger partial charge in [0.1, 0.15) is 4.21 Å². The average molecular weight is 280 g/mol. The Kier molecular flexibility index (Phi) is 4.28. The van der Waals surface area contributed by atoms with Gasteiger partial charge in [0.05, 0.1) is 0 Å². The number of nitrogens with two attached hydrogens (primary N) is 1. The van der Waals surface area contributed by atoms with Crippen molar-refractivity contribution in [2.75, 3.05) is 18.5 Å². The van der Waals surface area contributed by atoms with Gasteiger partial charge in [0.2, 0.25) is 10.0 Å². The van der Waals surface area contributed by atoms with Crippen molar-refractivity contribution in [1.82, 2.24) is 4.72 Å². The van der Waals surface area contributed by atoms with Crippen LogP contribution in [0, 0.1) is 0 Å². The predicted octanol–water partition coefficient (Wildman–Crippen LogP) is 1.75. The molecule has 92 valence electrons. The lowest BCUT2D eigenvalue weighted by Crippen LogP contribution is -2.35. The van der Waals surface area contributed by atoms with Crippen LogP contribution in [0.3, 0.4) is 0 Å². The van der Waals surface area contributed by atoms with E-state index < -0.39 is 10.0 Å². The molecule has 0 saturated carbocycles. The number of nitrogens with one attached hydrogen (secondary N) is 1. The molecule has 0 aliphatic rings. The molecule has 0 radical (unpaired) electrons. The van der Waals surface area contributed by atoms with E-state index in [2.05, 4.69) is 4.72 Å². The molecule has 0 aliphatic heterocycles. The summed E-state index contributed by atoms with van der Waals surface area (Å²) in [6, 6.07) is 1.47. The molecular weight excluding hydrogens is 264 g/mol. The molecule has 0 amide bonds. The monoisotopic (exact) mass is 280 g/mol. The lowest BCUT2D eigenvalue weighted by molar-refractivity contribution is 0.573. The van der Waals surface area contributed by atoms with Crippen molar-refractivity contribution >= 4 is 38.8 Å². The van der Waals surface area contributed by atoms with Crippen LogP contribution in [0.5, 0.6) is 0 Å². The second-order valence-corrected chi connectivity index (χ2v) is 8.41. The first kappa shape index (κ1) is 13.8. The number of hydrogen-bond donors (Lipinski definition) is 2. The Balaban J connectivity index is 2.74. The zero-order valence-electron chi connectivity index (χ0n) is 9.48. The summed E-state index contributed by atoms with van der Waals surface area (Å²) in [6.07, 6.45) is 1.96. The Morgan fingerprint density at radius 1 is 1.56 bits per heavy atom. The van der Waals surface area contributed by atoms with Gasteiger partial charge in [-0.3, -0.25) is 0 Å². The minimum atomic E-state index is -3.41. The van der Waals surface area contributed by atoms with E-state index in [1.807, 2.05) is 20.1 Å². The Labute approximate surface area is 105 Å². The number of hydrogen-bond acceptors (Lipinski definition) is 5. The molecule has 0 saturated heterocycles. The molecule has 16 heavy (non-hydrogen) atoms. The van der Waals surface area contributed by atoms with Crippen LogP contribution in [0.1, 0.15) is 13.8 Å². The molecule has 0 bridgehead atoms. The van der Waals surface area contributed by atoms with Gasteiger partial charge in [-0.15, -0.1) is 11.3 Å². The van der Waals surface area contributed by atoms with Crippen LogP contribution in [0.25, 0.3) is 0 Å². The van der Waals surface area contributed by atoms with Crippen LogP contribution in [-0.2, 0) is 10.0 Å². The molecule has 0 aliphatic carbocycles. The Morgan fingerprint density at radius 3 is 2.62 bits per heavy atom. The number of thioether (sulfide) groups is 1. The Hall–Kier alpha value is -0.240. The second kappa shape index (κ2) is 4.95. The topological polar surface area (TPSA) is 72.2 Å². The highest BCUT2D eigenvalue weighted by atomic mass is 32.2. The lowest BCUT2D eigenvalue weighted by atomic mass is 10.2. The van der Waals surface area contributed by atoms with Crippen LogP contribution in [-0.4, -0.2) is 26.0 Å². The average Bonchev–Trinajstić information content (AvgIpc) is 2.63. The molecule has 1 heterocycles. The summed E-state index contributed by atoms with van der Waals surface area (Å²) in [7, 11) is -3.41. The van der Waals surface area contributed by atoms with Gasteiger partial charge in [-0.1, -0.05) is 0 Å². The van der Waals surface area contributed by atoms with Crippen molar-refractivity contribution in [1.29, 1.82) is 0 Å². The summed E-state index contributed by atoms with van der Waals surface area (Å²) in [4.78, 5) is 0. The van der Waals surface area contributed by atoms with E-state index in [0.717, 1.165) is 11.3 Å². The van der Waals surface area contributed by atoms with Gasteiger partial charge in [0, 0.05) is 22.4 Å². The highest BCUT2D eigenvalue weighted by Gasteiger charge is 2.22. The largest absolute Gasteiger partial charge is 0.398 e. The minimum Gasteiger partial charge on any atom is -0.398 e. The summed E-state index contributed by atoms with van der Waals surface area (Å²) in [5, 5.41) is 1.62. The fourth-order valence-electron chi connectivity index (χ4n) is 0.883. The third kappa shape index (κ3) is 3.65. The third-order valence-electron chi connectivity index (χ3n) is 2.10. The third-order valence-corrected chi connectivity index (χ3v) is 6.21. The van der Waals surface area contributed by atoms with Gasteiger partial charge >= 0.3 is 0 Å². The molecule has 0 fully saturated rings. The fourth-order valence-corrected chi connectivity index (χ4v) is 3.53. The maximum absolute atomic E-state index is 11.8.